The first-order valence-electron chi connectivity index (χ1n) is 9.28. The molecule has 0 bridgehead atoms. The Balaban J connectivity index is 1.54. The number of nitrogens with one attached hydrogen (secondary N) is 2. The SMILES string of the molecule is COc1ccc(-c2ccc(S(=O)(=O)Nc3ccc4c(c3)CN(C)C(=O)N4)cc2)cc1. The third-order valence-electron chi connectivity index (χ3n) is 4.94. The van der Waals surface area contributed by atoms with Gasteiger partial charge < -0.3 is 15.0 Å². The van der Waals surface area contributed by atoms with E-state index < -0.39 is 10.0 Å². The maximum absolute atomic E-state index is 12.8. The van der Waals surface area contributed by atoms with Crippen LogP contribution >= 0.6 is 0 Å². The van der Waals surface area contributed by atoms with Gasteiger partial charge in [-0.25, -0.2) is 13.2 Å². The molecule has 0 saturated carbocycles. The zero-order valence-electron chi connectivity index (χ0n) is 16.5. The molecule has 0 spiro atoms. The number of ether oxygens (including phenoxy) is 1. The zero-order chi connectivity index (χ0) is 21.3. The summed E-state index contributed by atoms with van der Waals surface area (Å²) >= 11 is 0. The molecule has 1 heterocycles. The average molecular weight is 423 g/mol. The second-order valence-electron chi connectivity index (χ2n) is 7.02. The van der Waals surface area contributed by atoms with Crippen molar-refractivity contribution in [1.82, 2.24) is 4.90 Å². The number of benzene rings is 3. The molecule has 0 aromatic heterocycles. The quantitative estimate of drug-likeness (QED) is 0.646. The first kappa shape index (κ1) is 19.8. The molecule has 1 aliphatic heterocycles. The van der Waals surface area contributed by atoms with Crippen molar-refractivity contribution in [2.45, 2.75) is 11.4 Å². The van der Waals surface area contributed by atoms with E-state index in [0.717, 1.165) is 22.4 Å². The molecule has 0 aliphatic carbocycles. The minimum atomic E-state index is -3.74. The predicted octanol–water partition coefficient (Wildman–Crippen LogP) is 4.14. The monoisotopic (exact) mass is 423 g/mol. The van der Waals surface area contributed by atoms with E-state index in [2.05, 4.69) is 10.0 Å². The van der Waals surface area contributed by atoms with Crippen molar-refractivity contribution in [3.05, 3.63) is 72.3 Å². The van der Waals surface area contributed by atoms with Crippen LogP contribution in [0.2, 0.25) is 0 Å². The summed E-state index contributed by atoms with van der Waals surface area (Å²) in [6.45, 7) is 0.410. The Hall–Kier alpha value is -3.52. The summed E-state index contributed by atoms with van der Waals surface area (Å²) in [5.41, 5.74) is 3.84. The van der Waals surface area contributed by atoms with E-state index in [1.165, 1.54) is 4.90 Å². The number of anilines is 2. The Morgan fingerprint density at radius 3 is 2.23 bits per heavy atom. The van der Waals surface area contributed by atoms with E-state index in [-0.39, 0.29) is 10.9 Å². The molecule has 8 heteroatoms. The molecule has 2 N–H and O–H groups in total. The first-order valence-corrected chi connectivity index (χ1v) is 10.8. The van der Waals surface area contributed by atoms with Crippen LogP contribution in [0.5, 0.6) is 5.75 Å². The summed E-state index contributed by atoms with van der Waals surface area (Å²) in [7, 11) is -0.455. The third-order valence-corrected chi connectivity index (χ3v) is 6.34. The van der Waals surface area contributed by atoms with Crippen LogP contribution in [0.3, 0.4) is 0 Å². The standard InChI is InChI=1S/C22H21N3O4S/c1-25-14-17-13-18(7-12-21(17)23-22(25)26)24-30(27,28)20-10-5-16(6-11-20)15-3-8-19(29-2)9-4-15/h3-13,24H,14H2,1-2H3,(H,23,26). The molecule has 0 unspecified atom stereocenters. The summed E-state index contributed by atoms with van der Waals surface area (Å²) in [4.78, 5) is 13.4. The van der Waals surface area contributed by atoms with Gasteiger partial charge in [-0.1, -0.05) is 24.3 Å². The van der Waals surface area contributed by atoms with E-state index in [1.807, 2.05) is 24.3 Å². The van der Waals surface area contributed by atoms with Gasteiger partial charge in [-0.3, -0.25) is 4.72 Å². The van der Waals surface area contributed by atoms with Crippen LogP contribution in [0, 0.1) is 0 Å². The Morgan fingerprint density at radius 2 is 1.60 bits per heavy atom. The normalized spacial score (nSPS) is 13.4. The molecule has 2 amide bonds. The largest absolute Gasteiger partial charge is 0.497 e. The minimum Gasteiger partial charge on any atom is -0.497 e. The number of nitrogens with zero attached hydrogens (tertiary/aromatic N) is 1. The van der Waals surface area contributed by atoms with Gasteiger partial charge in [-0.05, 0) is 59.2 Å². The first-order chi connectivity index (χ1) is 14.4. The van der Waals surface area contributed by atoms with Gasteiger partial charge in [0.1, 0.15) is 5.75 Å². The number of rotatable bonds is 5. The highest BCUT2D eigenvalue weighted by molar-refractivity contribution is 7.92. The minimum absolute atomic E-state index is 0.169. The van der Waals surface area contributed by atoms with Crippen LogP contribution in [0.15, 0.2) is 71.6 Å². The van der Waals surface area contributed by atoms with Crippen LogP contribution in [0.25, 0.3) is 11.1 Å². The third kappa shape index (κ3) is 3.95. The lowest BCUT2D eigenvalue weighted by molar-refractivity contribution is 0.218. The number of urea groups is 1. The molecule has 0 saturated heterocycles. The predicted molar refractivity (Wildman–Crippen MR) is 116 cm³/mol. The van der Waals surface area contributed by atoms with Crippen LogP contribution in [0.4, 0.5) is 16.2 Å². The fourth-order valence-corrected chi connectivity index (χ4v) is 4.32. The van der Waals surface area contributed by atoms with Crippen LogP contribution in [-0.2, 0) is 16.6 Å². The maximum Gasteiger partial charge on any atom is 0.321 e. The lowest BCUT2D eigenvalue weighted by Gasteiger charge is -2.26. The van der Waals surface area contributed by atoms with Gasteiger partial charge in [0.15, 0.2) is 0 Å². The highest BCUT2D eigenvalue weighted by atomic mass is 32.2. The van der Waals surface area contributed by atoms with E-state index in [0.29, 0.717) is 17.9 Å². The zero-order valence-corrected chi connectivity index (χ0v) is 17.4. The molecule has 7 nitrogen and oxygen atoms in total. The lowest BCUT2D eigenvalue weighted by Crippen LogP contribution is -2.35. The van der Waals surface area contributed by atoms with Crippen molar-refractivity contribution < 1.29 is 17.9 Å². The lowest BCUT2D eigenvalue weighted by atomic mass is 10.1. The number of methoxy groups -OCH3 is 1. The Kier molecular flexibility index (Phi) is 5.09. The van der Waals surface area contributed by atoms with Crippen molar-refractivity contribution in [1.29, 1.82) is 0 Å². The molecule has 3 aromatic carbocycles. The smallest absolute Gasteiger partial charge is 0.321 e. The molecule has 0 atom stereocenters. The Morgan fingerprint density at radius 1 is 0.967 bits per heavy atom. The highest BCUT2D eigenvalue weighted by Gasteiger charge is 2.21. The average Bonchev–Trinajstić information content (AvgIpc) is 2.75. The van der Waals surface area contributed by atoms with Gasteiger partial charge in [0, 0.05) is 25.0 Å². The molecular formula is C22H21N3O4S. The molecule has 3 aromatic rings. The molecule has 154 valence electrons. The number of amides is 2. The summed E-state index contributed by atoms with van der Waals surface area (Å²) < 4.78 is 33.4. The Labute approximate surface area is 175 Å². The molecule has 1 aliphatic rings. The van der Waals surface area contributed by atoms with Crippen LogP contribution < -0.4 is 14.8 Å². The fraction of sp³-hybridized carbons (Fsp3) is 0.136. The van der Waals surface area contributed by atoms with Gasteiger partial charge in [0.25, 0.3) is 10.0 Å². The summed E-state index contributed by atoms with van der Waals surface area (Å²) in [6, 6.07) is 19.1. The van der Waals surface area contributed by atoms with Crippen LogP contribution in [0.1, 0.15) is 5.56 Å². The fourth-order valence-electron chi connectivity index (χ4n) is 3.27. The van der Waals surface area contributed by atoms with Gasteiger partial charge in [0.2, 0.25) is 0 Å². The van der Waals surface area contributed by atoms with E-state index >= 15 is 0 Å². The topological polar surface area (TPSA) is 87.7 Å². The molecule has 4 rings (SSSR count). The molecule has 0 radical (unpaired) electrons. The second kappa shape index (κ2) is 7.72. The number of hydrogen-bond acceptors (Lipinski definition) is 4. The number of fused-ring (bicyclic) bond motifs is 1. The van der Waals surface area contributed by atoms with E-state index in [4.69, 9.17) is 4.74 Å². The number of sulfonamides is 1. The number of carbonyl (C=O) groups is 1. The van der Waals surface area contributed by atoms with E-state index in [1.54, 1.807) is 56.6 Å². The molecule has 0 fully saturated rings. The molecule has 30 heavy (non-hydrogen) atoms. The highest BCUT2D eigenvalue weighted by Crippen LogP contribution is 2.28. The van der Waals surface area contributed by atoms with Gasteiger partial charge in [0.05, 0.1) is 12.0 Å². The van der Waals surface area contributed by atoms with E-state index in [9.17, 15) is 13.2 Å². The van der Waals surface area contributed by atoms with Gasteiger partial charge in [-0.2, -0.15) is 0 Å². The van der Waals surface area contributed by atoms with Gasteiger partial charge in [-0.15, -0.1) is 0 Å². The Bertz CT molecular complexity index is 1190. The second-order valence-corrected chi connectivity index (χ2v) is 8.70. The van der Waals surface area contributed by atoms with Gasteiger partial charge >= 0.3 is 6.03 Å². The van der Waals surface area contributed by atoms with Crippen molar-refractivity contribution in [3.63, 3.8) is 0 Å². The summed E-state index contributed by atoms with van der Waals surface area (Å²) in [6.07, 6.45) is 0. The molecular weight excluding hydrogens is 402 g/mol. The van der Waals surface area contributed by atoms with Crippen molar-refractivity contribution in [2.24, 2.45) is 0 Å². The number of carbonyl (C=O) groups excluding carboxylic acids is 1. The van der Waals surface area contributed by atoms with Crippen molar-refractivity contribution in [3.8, 4) is 16.9 Å². The van der Waals surface area contributed by atoms with Crippen LogP contribution in [-0.4, -0.2) is 33.5 Å². The summed E-state index contributed by atoms with van der Waals surface area (Å²) in [5.74, 6) is 0.762. The number of hydrogen-bond donors (Lipinski definition) is 2. The maximum atomic E-state index is 12.8. The van der Waals surface area contributed by atoms with Crippen molar-refractivity contribution in [2.75, 3.05) is 24.2 Å². The van der Waals surface area contributed by atoms with Crippen molar-refractivity contribution >= 4 is 27.4 Å². The summed E-state index contributed by atoms with van der Waals surface area (Å²) in [5, 5.41) is 2.76.